The lowest BCUT2D eigenvalue weighted by Crippen LogP contribution is -2.04. The molecule has 4 nitrogen and oxygen atoms in total. The Kier molecular flexibility index (Phi) is 13.6. The van der Waals surface area contributed by atoms with E-state index in [1.807, 2.05) is 6.92 Å². The van der Waals surface area contributed by atoms with Crippen LogP contribution in [0.5, 0.6) is 0 Å². The molecular formula is C8H21O4PS. The summed E-state index contributed by atoms with van der Waals surface area (Å²) >= 11 is 0. The van der Waals surface area contributed by atoms with Crippen LogP contribution < -0.4 is 0 Å². The van der Waals surface area contributed by atoms with Crippen LogP contribution in [0.25, 0.3) is 0 Å². The van der Waals surface area contributed by atoms with E-state index in [4.69, 9.17) is 4.55 Å². The lowest BCUT2D eigenvalue weighted by molar-refractivity contribution is 0.264. The molecule has 0 amide bonds. The van der Waals surface area contributed by atoms with Crippen molar-refractivity contribution < 1.29 is 17.2 Å². The van der Waals surface area contributed by atoms with E-state index < -0.39 is 10.4 Å². The van der Waals surface area contributed by atoms with Gasteiger partial charge in [-0.25, -0.2) is 4.18 Å². The second kappa shape index (κ2) is 11.4. The van der Waals surface area contributed by atoms with Gasteiger partial charge in [-0.05, 0) is 12.6 Å². The fraction of sp³-hybridized carbons (Fsp3) is 1.00. The Balaban J connectivity index is 0. The fourth-order valence-electron chi connectivity index (χ4n) is 0.513. The van der Waals surface area contributed by atoms with Crippen LogP contribution in [0.3, 0.4) is 0 Å². The van der Waals surface area contributed by atoms with Gasteiger partial charge in [0, 0.05) is 0 Å². The zero-order valence-corrected chi connectivity index (χ0v) is 10.9. The van der Waals surface area contributed by atoms with E-state index in [2.05, 4.69) is 20.3 Å². The largest absolute Gasteiger partial charge is 0.397 e. The molecule has 0 aromatic rings. The molecule has 88 valence electrons. The molecule has 0 aliphatic carbocycles. The van der Waals surface area contributed by atoms with Gasteiger partial charge in [0.05, 0.1) is 6.61 Å². The predicted octanol–water partition coefficient (Wildman–Crippen LogP) is 2.27. The second-order valence-electron chi connectivity index (χ2n) is 2.75. The van der Waals surface area contributed by atoms with Crippen molar-refractivity contribution in [1.82, 2.24) is 0 Å². The molecule has 0 fully saturated rings. The van der Waals surface area contributed by atoms with E-state index in [1.54, 1.807) is 0 Å². The highest BCUT2D eigenvalue weighted by molar-refractivity contribution is 7.80. The van der Waals surface area contributed by atoms with Crippen molar-refractivity contribution in [3.63, 3.8) is 0 Å². The number of hydrogen-bond donors (Lipinski definition) is 1. The minimum Gasteiger partial charge on any atom is -0.264 e. The van der Waals surface area contributed by atoms with Crippen LogP contribution >= 0.6 is 9.24 Å². The molecule has 0 aromatic heterocycles. The molecule has 0 heterocycles. The first-order valence-corrected chi connectivity index (χ1v) is 6.98. The van der Waals surface area contributed by atoms with Crippen LogP contribution in [0, 0.1) is 0 Å². The zero-order chi connectivity index (χ0) is 11.4. The minimum absolute atomic E-state index is 0.0648. The van der Waals surface area contributed by atoms with Gasteiger partial charge in [-0.3, -0.25) is 4.55 Å². The van der Waals surface area contributed by atoms with Crippen molar-refractivity contribution in [2.75, 3.05) is 12.8 Å². The van der Waals surface area contributed by atoms with Gasteiger partial charge in [0.2, 0.25) is 0 Å². The second-order valence-corrected chi connectivity index (χ2v) is 4.41. The van der Waals surface area contributed by atoms with Gasteiger partial charge >= 0.3 is 10.4 Å². The summed E-state index contributed by atoms with van der Waals surface area (Å²) in [5.41, 5.74) is 0. The Morgan fingerprint density at radius 2 is 1.71 bits per heavy atom. The highest BCUT2D eigenvalue weighted by Gasteiger charge is 2.00. The lowest BCUT2D eigenvalue weighted by atomic mass is 10.4. The Bertz CT molecular complexity index is 190. The number of rotatable bonds is 6. The van der Waals surface area contributed by atoms with Crippen molar-refractivity contribution in [3.05, 3.63) is 0 Å². The van der Waals surface area contributed by atoms with E-state index in [-0.39, 0.29) is 6.61 Å². The first-order valence-electron chi connectivity index (χ1n) is 4.79. The van der Waals surface area contributed by atoms with Crippen LogP contribution in [0.4, 0.5) is 0 Å². The molecule has 0 rings (SSSR count). The quantitative estimate of drug-likeness (QED) is 0.442. The van der Waals surface area contributed by atoms with Gasteiger partial charge in [-0.1, -0.05) is 33.1 Å². The summed E-state index contributed by atoms with van der Waals surface area (Å²) in [6.45, 7) is 4.16. The molecule has 0 saturated carbocycles. The van der Waals surface area contributed by atoms with E-state index >= 15 is 0 Å². The van der Waals surface area contributed by atoms with Gasteiger partial charge < -0.3 is 0 Å². The molecule has 0 radical (unpaired) electrons. The van der Waals surface area contributed by atoms with Crippen LogP contribution in [-0.4, -0.2) is 25.7 Å². The summed E-state index contributed by atoms with van der Waals surface area (Å²) in [5, 5.41) is 0. The third-order valence-electron chi connectivity index (χ3n) is 1.29. The Morgan fingerprint density at radius 1 is 1.21 bits per heavy atom. The third-order valence-corrected chi connectivity index (χ3v) is 2.16. The Morgan fingerprint density at radius 3 is 1.93 bits per heavy atom. The molecule has 0 aliphatic rings. The van der Waals surface area contributed by atoms with E-state index in [9.17, 15) is 8.42 Å². The van der Waals surface area contributed by atoms with Crippen LogP contribution in [0.15, 0.2) is 0 Å². The summed E-state index contributed by atoms with van der Waals surface area (Å²) in [6.07, 6.45) is 5.42. The SMILES string of the molecule is CCCCOS(=O)(=O)O.CCCCP. The van der Waals surface area contributed by atoms with E-state index in [0.29, 0.717) is 6.42 Å². The molecule has 0 bridgehead atoms. The van der Waals surface area contributed by atoms with Crippen molar-refractivity contribution in [3.8, 4) is 0 Å². The van der Waals surface area contributed by atoms with Gasteiger partial charge in [0.15, 0.2) is 0 Å². The molecule has 1 N–H and O–H groups in total. The molecule has 0 spiro atoms. The average molecular weight is 244 g/mol. The predicted molar refractivity (Wildman–Crippen MR) is 61.9 cm³/mol. The lowest BCUT2D eigenvalue weighted by Gasteiger charge is -1.95. The van der Waals surface area contributed by atoms with Crippen LogP contribution in [-0.2, 0) is 14.6 Å². The van der Waals surface area contributed by atoms with E-state index in [0.717, 1.165) is 6.42 Å². The summed E-state index contributed by atoms with van der Waals surface area (Å²) in [6, 6.07) is 0. The summed E-state index contributed by atoms with van der Waals surface area (Å²) in [5.74, 6) is 0. The molecule has 1 unspecified atom stereocenters. The van der Waals surface area contributed by atoms with Crippen LogP contribution in [0.1, 0.15) is 39.5 Å². The van der Waals surface area contributed by atoms with Crippen molar-refractivity contribution in [2.45, 2.75) is 39.5 Å². The molecule has 0 saturated heterocycles. The van der Waals surface area contributed by atoms with E-state index in [1.165, 1.54) is 19.0 Å². The molecule has 1 atom stereocenters. The van der Waals surface area contributed by atoms with Gasteiger partial charge in [0.25, 0.3) is 0 Å². The average Bonchev–Trinajstić information content (AvgIpc) is 2.05. The monoisotopic (exact) mass is 244 g/mol. The normalized spacial score (nSPS) is 10.6. The summed E-state index contributed by atoms with van der Waals surface area (Å²) in [7, 11) is -1.50. The standard InChI is InChI=1S/C4H10O4S.C4H11P/c1-2-3-4-8-9(5,6)7;1-2-3-4-5/h2-4H2,1H3,(H,5,6,7);2-5H2,1H3. The minimum atomic E-state index is -4.20. The number of hydrogen-bond acceptors (Lipinski definition) is 3. The summed E-state index contributed by atoms with van der Waals surface area (Å²) < 4.78 is 31.7. The maximum Gasteiger partial charge on any atom is 0.397 e. The maximum absolute atomic E-state index is 9.84. The van der Waals surface area contributed by atoms with Gasteiger partial charge in [-0.2, -0.15) is 8.42 Å². The zero-order valence-electron chi connectivity index (χ0n) is 8.90. The topological polar surface area (TPSA) is 63.6 Å². The molecule has 0 aromatic carbocycles. The molecule has 6 heteroatoms. The Labute approximate surface area is 89.6 Å². The Hall–Kier alpha value is 0.300. The van der Waals surface area contributed by atoms with Crippen molar-refractivity contribution >= 4 is 19.6 Å². The highest BCUT2D eigenvalue weighted by atomic mass is 32.3. The highest BCUT2D eigenvalue weighted by Crippen LogP contribution is 1.91. The molecular weight excluding hydrogens is 223 g/mol. The molecule has 0 aliphatic heterocycles. The third kappa shape index (κ3) is 22.8. The fourth-order valence-corrected chi connectivity index (χ4v) is 1.25. The summed E-state index contributed by atoms with van der Waals surface area (Å²) in [4.78, 5) is 0. The maximum atomic E-state index is 9.84. The molecule has 14 heavy (non-hydrogen) atoms. The van der Waals surface area contributed by atoms with Gasteiger partial charge in [0.1, 0.15) is 0 Å². The smallest absolute Gasteiger partial charge is 0.264 e. The first kappa shape index (κ1) is 16.7. The van der Waals surface area contributed by atoms with Crippen molar-refractivity contribution in [2.24, 2.45) is 0 Å². The first-order chi connectivity index (χ1) is 6.47. The van der Waals surface area contributed by atoms with Crippen LogP contribution in [0.2, 0.25) is 0 Å². The van der Waals surface area contributed by atoms with Gasteiger partial charge in [-0.15, -0.1) is 9.24 Å². The number of unbranched alkanes of at least 4 members (excludes halogenated alkanes) is 2. The van der Waals surface area contributed by atoms with Crippen molar-refractivity contribution in [1.29, 1.82) is 0 Å².